The number of hydrogen-bond acceptors (Lipinski definition) is 5. The zero-order valence-electron chi connectivity index (χ0n) is 10.2. The first kappa shape index (κ1) is 14.0. The molecule has 0 bridgehead atoms. The van der Waals surface area contributed by atoms with Crippen LogP contribution in [0.1, 0.15) is 18.5 Å². The lowest BCUT2D eigenvalue weighted by atomic mass is 10.0. The smallest absolute Gasteiger partial charge is 0.151 e. The molecule has 17 heavy (non-hydrogen) atoms. The van der Waals surface area contributed by atoms with E-state index < -0.39 is 21.1 Å². The summed E-state index contributed by atoms with van der Waals surface area (Å²) in [7, 11) is -1.61. The summed E-state index contributed by atoms with van der Waals surface area (Å²) in [5.74, 6) is 6.11. The number of ether oxygens (including phenoxy) is 1. The van der Waals surface area contributed by atoms with Crippen molar-refractivity contribution in [2.45, 2.75) is 18.2 Å². The maximum absolute atomic E-state index is 11.5. The van der Waals surface area contributed by atoms with Crippen LogP contribution in [-0.4, -0.2) is 27.0 Å². The van der Waals surface area contributed by atoms with E-state index in [0.29, 0.717) is 5.75 Å². The molecule has 0 fully saturated rings. The summed E-state index contributed by atoms with van der Waals surface area (Å²) < 4.78 is 28.2. The number of rotatable bonds is 5. The molecule has 0 aliphatic heterocycles. The van der Waals surface area contributed by atoms with Gasteiger partial charge in [0, 0.05) is 6.26 Å². The zero-order valence-corrected chi connectivity index (χ0v) is 11.0. The second-order valence-electron chi connectivity index (χ2n) is 3.96. The number of nitrogens with two attached hydrogens (primary N) is 1. The van der Waals surface area contributed by atoms with Crippen molar-refractivity contribution >= 4 is 9.84 Å². The Morgan fingerprint density at radius 3 is 2.53 bits per heavy atom. The van der Waals surface area contributed by atoms with Gasteiger partial charge in [-0.15, -0.1) is 0 Å². The molecule has 0 heterocycles. The average molecular weight is 258 g/mol. The molecule has 0 aromatic heterocycles. The van der Waals surface area contributed by atoms with E-state index in [4.69, 9.17) is 10.6 Å². The normalized spacial score (nSPS) is 15.3. The van der Waals surface area contributed by atoms with E-state index in [1.54, 1.807) is 32.2 Å². The van der Waals surface area contributed by atoms with Gasteiger partial charge in [-0.2, -0.15) is 0 Å². The van der Waals surface area contributed by atoms with E-state index in [1.165, 1.54) is 6.26 Å². The second-order valence-corrected chi connectivity index (χ2v) is 6.36. The van der Waals surface area contributed by atoms with Gasteiger partial charge in [-0.1, -0.05) is 12.1 Å². The average Bonchev–Trinajstić information content (AvgIpc) is 2.29. The van der Waals surface area contributed by atoms with Gasteiger partial charge in [0.15, 0.2) is 9.84 Å². The molecule has 0 saturated carbocycles. The van der Waals surface area contributed by atoms with Gasteiger partial charge in [0.1, 0.15) is 5.75 Å². The molecule has 1 aromatic carbocycles. The third-order valence-corrected chi connectivity index (χ3v) is 4.40. The van der Waals surface area contributed by atoms with Crippen LogP contribution in [0, 0.1) is 0 Å². The standard InChI is InChI=1S/C11H18N2O3S/c1-8(17(3,14)15)11(13-12)9-5-4-6-10(7-9)16-2/h4-8,11,13H,12H2,1-3H3. The minimum atomic E-state index is -3.17. The molecule has 0 spiro atoms. The van der Waals surface area contributed by atoms with Crippen molar-refractivity contribution in [3.63, 3.8) is 0 Å². The van der Waals surface area contributed by atoms with Gasteiger partial charge < -0.3 is 4.74 Å². The highest BCUT2D eigenvalue weighted by Crippen LogP contribution is 2.24. The molecule has 96 valence electrons. The minimum absolute atomic E-state index is 0.458. The monoisotopic (exact) mass is 258 g/mol. The molecule has 2 unspecified atom stereocenters. The first-order chi connectivity index (χ1) is 7.90. The largest absolute Gasteiger partial charge is 0.497 e. The summed E-state index contributed by atoms with van der Waals surface area (Å²) in [6.07, 6.45) is 1.20. The van der Waals surface area contributed by atoms with E-state index in [2.05, 4.69) is 5.43 Å². The molecule has 2 atom stereocenters. The van der Waals surface area contributed by atoms with E-state index in [9.17, 15) is 8.42 Å². The molecular weight excluding hydrogens is 240 g/mol. The van der Waals surface area contributed by atoms with Crippen molar-refractivity contribution in [2.24, 2.45) is 5.84 Å². The van der Waals surface area contributed by atoms with Crippen molar-refractivity contribution in [1.29, 1.82) is 0 Å². The van der Waals surface area contributed by atoms with E-state index in [0.717, 1.165) is 5.56 Å². The van der Waals surface area contributed by atoms with Gasteiger partial charge in [-0.05, 0) is 24.6 Å². The number of nitrogens with one attached hydrogen (secondary N) is 1. The highest BCUT2D eigenvalue weighted by molar-refractivity contribution is 7.91. The topological polar surface area (TPSA) is 81.4 Å². The lowest BCUT2D eigenvalue weighted by Gasteiger charge is -2.22. The number of sulfone groups is 1. The zero-order chi connectivity index (χ0) is 13.1. The van der Waals surface area contributed by atoms with Crippen LogP contribution in [0.3, 0.4) is 0 Å². The summed E-state index contributed by atoms with van der Waals surface area (Å²) in [5, 5.41) is -0.611. The summed E-state index contributed by atoms with van der Waals surface area (Å²) in [6.45, 7) is 1.62. The van der Waals surface area contributed by atoms with Crippen LogP contribution in [0.5, 0.6) is 5.75 Å². The number of methoxy groups -OCH3 is 1. The van der Waals surface area contributed by atoms with Crippen molar-refractivity contribution in [2.75, 3.05) is 13.4 Å². The summed E-state index contributed by atoms with van der Waals surface area (Å²) >= 11 is 0. The fourth-order valence-electron chi connectivity index (χ4n) is 1.58. The van der Waals surface area contributed by atoms with Crippen LogP contribution in [0.4, 0.5) is 0 Å². The Labute approximate surface area is 102 Å². The summed E-state index contributed by atoms with van der Waals surface area (Å²) in [6, 6.07) is 6.72. The van der Waals surface area contributed by atoms with Crippen LogP contribution in [0.2, 0.25) is 0 Å². The third kappa shape index (κ3) is 3.42. The molecule has 5 nitrogen and oxygen atoms in total. The van der Waals surface area contributed by atoms with Gasteiger partial charge in [0.25, 0.3) is 0 Å². The highest BCUT2D eigenvalue weighted by Gasteiger charge is 2.26. The van der Waals surface area contributed by atoms with Gasteiger partial charge in [0.05, 0.1) is 18.4 Å². The van der Waals surface area contributed by atoms with Crippen LogP contribution in [0.15, 0.2) is 24.3 Å². The molecule has 3 N–H and O–H groups in total. The van der Waals surface area contributed by atoms with Gasteiger partial charge in [-0.25, -0.2) is 8.42 Å². The van der Waals surface area contributed by atoms with Crippen molar-refractivity contribution in [1.82, 2.24) is 5.43 Å². The number of hydrazine groups is 1. The van der Waals surface area contributed by atoms with Gasteiger partial charge >= 0.3 is 0 Å². The minimum Gasteiger partial charge on any atom is -0.497 e. The molecule has 0 aliphatic rings. The Morgan fingerprint density at radius 2 is 2.06 bits per heavy atom. The first-order valence-corrected chi connectivity index (χ1v) is 7.14. The SMILES string of the molecule is COc1cccc(C(NN)C(C)S(C)(=O)=O)c1. The molecule has 0 radical (unpaired) electrons. The molecule has 6 heteroatoms. The van der Waals surface area contributed by atoms with E-state index >= 15 is 0 Å². The fourth-order valence-corrected chi connectivity index (χ4v) is 2.32. The maximum Gasteiger partial charge on any atom is 0.151 e. The number of hydrogen-bond donors (Lipinski definition) is 2. The predicted molar refractivity (Wildman–Crippen MR) is 67.4 cm³/mol. The van der Waals surface area contributed by atoms with Crippen molar-refractivity contribution in [3.8, 4) is 5.75 Å². The van der Waals surface area contributed by atoms with Crippen LogP contribution < -0.4 is 16.0 Å². The third-order valence-electron chi connectivity index (χ3n) is 2.78. The van der Waals surface area contributed by atoms with Crippen molar-refractivity contribution in [3.05, 3.63) is 29.8 Å². The summed E-state index contributed by atoms with van der Waals surface area (Å²) in [5.41, 5.74) is 3.32. The second kappa shape index (κ2) is 5.48. The molecule has 1 aromatic rings. The Hall–Kier alpha value is -1.11. The lowest BCUT2D eigenvalue weighted by molar-refractivity contribution is 0.412. The molecule has 1 rings (SSSR count). The van der Waals surface area contributed by atoms with Crippen molar-refractivity contribution < 1.29 is 13.2 Å². The first-order valence-electron chi connectivity index (χ1n) is 5.19. The van der Waals surface area contributed by atoms with E-state index in [1.807, 2.05) is 6.07 Å². The van der Waals surface area contributed by atoms with Crippen LogP contribution >= 0.6 is 0 Å². The predicted octanol–water partition coefficient (Wildman–Crippen LogP) is 0.633. The lowest BCUT2D eigenvalue weighted by Crippen LogP contribution is -2.38. The Morgan fingerprint density at radius 1 is 1.41 bits per heavy atom. The van der Waals surface area contributed by atoms with E-state index in [-0.39, 0.29) is 0 Å². The Bertz CT molecular complexity index is 473. The quantitative estimate of drug-likeness (QED) is 0.598. The Balaban J connectivity index is 3.09. The molecule has 0 aliphatic carbocycles. The molecule has 0 amide bonds. The maximum atomic E-state index is 11.5. The fraction of sp³-hybridized carbons (Fsp3) is 0.455. The number of benzene rings is 1. The van der Waals surface area contributed by atoms with Crippen LogP contribution in [0.25, 0.3) is 0 Å². The van der Waals surface area contributed by atoms with Gasteiger partial charge in [0.2, 0.25) is 0 Å². The molecular formula is C11H18N2O3S. The highest BCUT2D eigenvalue weighted by atomic mass is 32.2. The van der Waals surface area contributed by atoms with Crippen LogP contribution in [-0.2, 0) is 9.84 Å². The van der Waals surface area contributed by atoms with Gasteiger partial charge in [-0.3, -0.25) is 11.3 Å². The molecule has 0 saturated heterocycles. The Kier molecular flexibility index (Phi) is 4.50. The summed E-state index contributed by atoms with van der Waals surface area (Å²) in [4.78, 5) is 0.